The van der Waals surface area contributed by atoms with Crippen LogP contribution in [0.1, 0.15) is 11.1 Å². The first-order valence-electron chi connectivity index (χ1n) is 6.27. The molecule has 5 heteroatoms. The van der Waals surface area contributed by atoms with Gasteiger partial charge in [0.05, 0.1) is 5.75 Å². The number of carboxylic acids is 2. The molecule has 0 unspecified atom stereocenters. The van der Waals surface area contributed by atoms with E-state index >= 15 is 0 Å². The first kappa shape index (κ1) is 15.1. The Hall–Kier alpha value is -2.27. The number of rotatable bonds is 6. The quantitative estimate of drug-likeness (QED) is 0.858. The second-order valence-corrected chi connectivity index (χ2v) is 5.59. The average molecular weight is 302 g/mol. The zero-order chi connectivity index (χ0) is 15.3. The van der Waals surface area contributed by atoms with Crippen molar-refractivity contribution in [1.29, 1.82) is 0 Å². The number of benzene rings is 2. The Morgan fingerprint density at radius 1 is 0.857 bits per heavy atom. The second-order valence-electron chi connectivity index (χ2n) is 4.40. The lowest BCUT2D eigenvalue weighted by Gasteiger charge is -2.29. The van der Waals surface area contributed by atoms with Gasteiger partial charge in [-0.05, 0) is 11.1 Å². The standard InChI is InChI=1S/C16H14O4S/c17-14(18)11-21-16(15(19)20,12-7-3-1-4-8-12)13-9-5-2-6-10-13/h1-10H,11H2,(H,17,18)(H,19,20). The molecular weight excluding hydrogens is 288 g/mol. The summed E-state index contributed by atoms with van der Waals surface area (Å²) in [7, 11) is 0. The van der Waals surface area contributed by atoms with Crippen LogP contribution in [0.3, 0.4) is 0 Å². The Labute approximate surface area is 126 Å². The van der Waals surface area contributed by atoms with E-state index in [9.17, 15) is 14.7 Å². The van der Waals surface area contributed by atoms with E-state index in [0.717, 1.165) is 11.8 Å². The van der Waals surface area contributed by atoms with Crippen molar-refractivity contribution < 1.29 is 19.8 Å². The van der Waals surface area contributed by atoms with Crippen molar-refractivity contribution in [2.24, 2.45) is 0 Å². The average Bonchev–Trinajstić information content (AvgIpc) is 2.49. The van der Waals surface area contributed by atoms with Crippen LogP contribution in [0.4, 0.5) is 0 Å². The first-order valence-corrected chi connectivity index (χ1v) is 7.26. The van der Waals surface area contributed by atoms with Crippen LogP contribution in [-0.4, -0.2) is 27.9 Å². The van der Waals surface area contributed by atoms with E-state index in [1.54, 1.807) is 60.7 Å². The van der Waals surface area contributed by atoms with Crippen LogP contribution < -0.4 is 0 Å². The van der Waals surface area contributed by atoms with Crippen LogP contribution in [0, 0.1) is 0 Å². The SMILES string of the molecule is O=C(O)CSC(C(=O)O)(c1ccccc1)c1ccccc1. The number of carbonyl (C=O) groups is 2. The minimum atomic E-state index is -1.43. The van der Waals surface area contributed by atoms with Gasteiger partial charge in [-0.25, -0.2) is 4.79 Å². The molecule has 0 aromatic heterocycles. The molecule has 2 aromatic carbocycles. The zero-order valence-corrected chi connectivity index (χ0v) is 11.9. The van der Waals surface area contributed by atoms with Crippen molar-refractivity contribution in [2.75, 3.05) is 5.75 Å². The summed E-state index contributed by atoms with van der Waals surface area (Å²) in [6.45, 7) is 0. The third-order valence-electron chi connectivity index (χ3n) is 3.07. The van der Waals surface area contributed by atoms with Crippen LogP contribution in [0.25, 0.3) is 0 Å². The molecule has 0 amide bonds. The summed E-state index contributed by atoms with van der Waals surface area (Å²) in [6.07, 6.45) is 0. The van der Waals surface area contributed by atoms with Gasteiger partial charge in [0.15, 0.2) is 4.75 Å². The summed E-state index contributed by atoms with van der Waals surface area (Å²) in [5, 5.41) is 18.8. The maximum atomic E-state index is 12.0. The summed E-state index contributed by atoms with van der Waals surface area (Å²) in [5.41, 5.74) is 1.10. The summed E-state index contributed by atoms with van der Waals surface area (Å²) in [6, 6.07) is 17.4. The normalized spacial score (nSPS) is 11.0. The molecule has 2 rings (SSSR count). The molecule has 2 N–H and O–H groups in total. The maximum Gasteiger partial charge on any atom is 0.328 e. The highest BCUT2D eigenvalue weighted by Gasteiger charge is 2.43. The number of carboxylic acid groups (broad SMARTS) is 2. The molecule has 0 aliphatic rings. The molecular formula is C16H14O4S. The lowest BCUT2D eigenvalue weighted by molar-refractivity contribution is -0.138. The van der Waals surface area contributed by atoms with Crippen LogP contribution in [0.15, 0.2) is 60.7 Å². The van der Waals surface area contributed by atoms with Gasteiger partial charge in [-0.1, -0.05) is 60.7 Å². The van der Waals surface area contributed by atoms with E-state index < -0.39 is 16.7 Å². The number of thioether (sulfide) groups is 1. The third-order valence-corrected chi connectivity index (χ3v) is 4.54. The first-order chi connectivity index (χ1) is 10.1. The molecule has 21 heavy (non-hydrogen) atoms. The zero-order valence-electron chi connectivity index (χ0n) is 11.1. The van der Waals surface area contributed by atoms with Gasteiger partial charge >= 0.3 is 11.9 Å². The van der Waals surface area contributed by atoms with Gasteiger partial charge in [0, 0.05) is 0 Å². The molecule has 0 heterocycles. The Morgan fingerprint density at radius 3 is 1.62 bits per heavy atom. The van der Waals surface area contributed by atoms with Gasteiger partial charge in [-0.3, -0.25) is 4.79 Å². The highest BCUT2D eigenvalue weighted by Crippen LogP contribution is 2.43. The van der Waals surface area contributed by atoms with Gasteiger partial charge in [-0.2, -0.15) is 0 Å². The number of hydrogen-bond acceptors (Lipinski definition) is 3. The molecule has 0 aliphatic heterocycles. The Kier molecular flexibility index (Phi) is 4.65. The lowest BCUT2D eigenvalue weighted by Crippen LogP contribution is -2.34. The van der Waals surface area contributed by atoms with Crippen LogP contribution in [0.2, 0.25) is 0 Å². The minimum absolute atomic E-state index is 0.296. The number of aliphatic carboxylic acids is 2. The van der Waals surface area contributed by atoms with Crippen LogP contribution in [-0.2, 0) is 14.3 Å². The third kappa shape index (κ3) is 3.08. The molecule has 0 saturated heterocycles. The van der Waals surface area contributed by atoms with Gasteiger partial charge in [-0.15, -0.1) is 11.8 Å². The van der Waals surface area contributed by atoms with Crippen molar-refractivity contribution in [3.05, 3.63) is 71.8 Å². The molecule has 108 valence electrons. The van der Waals surface area contributed by atoms with E-state index in [1.807, 2.05) is 0 Å². The van der Waals surface area contributed by atoms with Crippen molar-refractivity contribution in [3.8, 4) is 0 Å². The predicted molar refractivity (Wildman–Crippen MR) is 81.4 cm³/mol. The van der Waals surface area contributed by atoms with Crippen LogP contribution >= 0.6 is 11.8 Å². The fraction of sp³-hybridized carbons (Fsp3) is 0.125. The van der Waals surface area contributed by atoms with Crippen molar-refractivity contribution >= 4 is 23.7 Å². The van der Waals surface area contributed by atoms with Crippen molar-refractivity contribution in [1.82, 2.24) is 0 Å². The second kappa shape index (κ2) is 6.45. The maximum absolute atomic E-state index is 12.0. The highest BCUT2D eigenvalue weighted by molar-refractivity contribution is 8.01. The molecule has 0 fully saturated rings. The molecule has 0 radical (unpaired) electrons. The molecule has 0 aliphatic carbocycles. The molecule has 0 spiro atoms. The Bertz CT molecular complexity index is 586. The topological polar surface area (TPSA) is 74.6 Å². The van der Waals surface area contributed by atoms with Crippen molar-refractivity contribution in [3.63, 3.8) is 0 Å². The summed E-state index contributed by atoms with van der Waals surface area (Å²) < 4.78 is -1.43. The highest BCUT2D eigenvalue weighted by atomic mass is 32.2. The van der Waals surface area contributed by atoms with Gasteiger partial charge in [0.2, 0.25) is 0 Å². The van der Waals surface area contributed by atoms with E-state index in [0.29, 0.717) is 11.1 Å². The van der Waals surface area contributed by atoms with Gasteiger partial charge in [0.1, 0.15) is 0 Å². The Balaban J connectivity index is 2.60. The van der Waals surface area contributed by atoms with Crippen molar-refractivity contribution in [2.45, 2.75) is 4.75 Å². The molecule has 0 bridgehead atoms. The monoisotopic (exact) mass is 302 g/mol. The minimum Gasteiger partial charge on any atom is -0.481 e. The van der Waals surface area contributed by atoms with E-state index in [-0.39, 0.29) is 5.75 Å². The van der Waals surface area contributed by atoms with E-state index in [2.05, 4.69) is 0 Å². The summed E-state index contributed by atoms with van der Waals surface area (Å²) >= 11 is 0.892. The summed E-state index contributed by atoms with van der Waals surface area (Å²) in [4.78, 5) is 22.9. The molecule has 2 aromatic rings. The van der Waals surface area contributed by atoms with Gasteiger partial charge in [0.25, 0.3) is 0 Å². The van der Waals surface area contributed by atoms with Gasteiger partial charge < -0.3 is 10.2 Å². The number of hydrogen-bond donors (Lipinski definition) is 2. The lowest BCUT2D eigenvalue weighted by atomic mass is 9.90. The smallest absolute Gasteiger partial charge is 0.328 e. The molecule has 4 nitrogen and oxygen atoms in total. The largest absolute Gasteiger partial charge is 0.481 e. The summed E-state index contributed by atoms with van der Waals surface area (Å²) in [5.74, 6) is -2.42. The van der Waals surface area contributed by atoms with Crippen LogP contribution in [0.5, 0.6) is 0 Å². The predicted octanol–water partition coefficient (Wildman–Crippen LogP) is 2.83. The van der Waals surface area contributed by atoms with E-state index in [1.165, 1.54) is 0 Å². The molecule has 0 atom stereocenters. The Morgan fingerprint density at radius 2 is 1.29 bits per heavy atom. The van der Waals surface area contributed by atoms with E-state index in [4.69, 9.17) is 5.11 Å². The fourth-order valence-corrected chi connectivity index (χ4v) is 3.23. The fourth-order valence-electron chi connectivity index (χ4n) is 2.16. The molecule has 0 saturated carbocycles.